The van der Waals surface area contributed by atoms with Gasteiger partial charge in [-0.2, -0.15) is 5.26 Å². The summed E-state index contributed by atoms with van der Waals surface area (Å²) in [6.45, 7) is 0.139. The molecule has 3 heterocycles. The molecule has 144 valence electrons. The molecule has 1 aromatic rings. The monoisotopic (exact) mass is 427 g/mol. The molecule has 2 aliphatic heterocycles. The van der Waals surface area contributed by atoms with Crippen molar-refractivity contribution in [2.24, 2.45) is 12.5 Å². The van der Waals surface area contributed by atoms with Crippen LogP contribution < -0.4 is 5.32 Å². The molecule has 2 fully saturated rings. The van der Waals surface area contributed by atoms with Gasteiger partial charge in [-0.05, 0) is 10.4 Å². The molecule has 2 aliphatic rings. The molecule has 0 spiro atoms. The SMILES string of the molecule is Cn1nnnc1SCC1(C(=O)O)CS[C@@H]2C(NC(=S)CCC#N)C(=O)N2C1. The van der Waals surface area contributed by atoms with Crippen LogP contribution in [0.5, 0.6) is 0 Å². The van der Waals surface area contributed by atoms with Crippen LogP contribution in [0.1, 0.15) is 12.8 Å². The molecule has 0 aliphatic carbocycles. The van der Waals surface area contributed by atoms with Crippen LogP contribution in [-0.4, -0.2) is 76.5 Å². The second-order valence-corrected chi connectivity index (χ2v) is 8.87. The smallest absolute Gasteiger partial charge is 0.313 e. The quantitative estimate of drug-likeness (QED) is 0.342. The Hall–Kier alpha value is -1.91. The van der Waals surface area contributed by atoms with Crippen molar-refractivity contribution in [2.45, 2.75) is 29.4 Å². The maximum absolute atomic E-state index is 12.5. The number of tetrazole rings is 1. The number of hydrogen-bond donors (Lipinski definition) is 2. The number of β-lactam (4-membered cyclic amide) rings is 1. The van der Waals surface area contributed by atoms with E-state index in [4.69, 9.17) is 17.5 Å². The number of thioether (sulfide) groups is 2. The van der Waals surface area contributed by atoms with Gasteiger partial charge in [0.05, 0.1) is 11.1 Å². The van der Waals surface area contributed by atoms with Gasteiger partial charge in [-0.25, -0.2) is 4.68 Å². The number of aromatic nitrogens is 4. The fourth-order valence-corrected chi connectivity index (χ4v) is 5.81. The zero-order valence-electron chi connectivity index (χ0n) is 14.4. The molecule has 1 aromatic heterocycles. The van der Waals surface area contributed by atoms with Crippen LogP contribution in [0, 0.1) is 16.7 Å². The van der Waals surface area contributed by atoms with Crippen LogP contribution in [0.15, 0.2) is 5.16 Å². The molecule has 2 N–H and O–H groups in total. The molecule has 2 unspecified atom stereocenters. The molecular weight excluding hydrogens is 410 g/mol. The van der Waals surface area contributed by atoms with Crippen molar-refractivity contribution in [1.82, 2.24) is 30.4 Å². The van der Waals surface area contributed by atoms with Gasteiger partial charge in [-0.1, -0.05) is 24.0 Å². The van der Waals surface area contributed by atoms with Crippen molar-refractivity contribution < 1.29 is 14.7 Å². The highest BCUT2D eigenvalue weighted by atomic mass is 32.2. The van der Waals surface area contributed by atoms with E-state index in [1.807, 2.05) is 6.07 Å². The molecule has 10 nitrogen and oxygen atoms in total. The average molecular weight is 428 g/mol. The van der Waals surface area contributed by atoms with Crippen LogP contribution in [0.4, 0.5) is 0 Å². The molecule has 3 rings (SSSR count). The largest absolute Gasteiger partial charge is 0.481 e. The summed E-state index contributed by atoms with van der Waals surface area (Å²) in [5.74, 6) is -0.469. The lowest BCUT2D eigenvalue weighted by Crippen LogP contribution is -2.73. The van der Waals surface area contributed by atoms with Crippen LogP contribution in [0.3, 0.4) is 0 Å². The van der Waals surface area contributed by atoms with Crippen molar-refractivity contribution in [3.63, 3.8) is 0 Å². The number of fused-ring (bicyclic) bond motifs is 1. The number of amides is 1. The van der Waals surface area contributed by atoms with Crippen molar-refractivity contribution in [3.8, 4) is 6.07 Å². The first-order chi connectivity index (χ1) is 12.9. The molecule has 3 atom stereocenters. The highest BCUT2D eigenvalue weighted by Crippen LogP contribution is 2.44. The van der Waals surface area contributed by atoms with Gasteiger partial charge in [-0.3, -0.25) is 9.59 Å². The van der Waals surface area contributed by atoms with Crippen LogP contribution in [0.25, 0.3) is 0 Å². The Morgan fingerprint density at radius 3 is 3.04 bits per heavy atom. The van der Waals surface area contributed by atoms with Crippen LogP contribution in [0.2, 0.25) is 0 Å². The predicted molar refractivity (Wildman–Crippen MR) is 102 cm³/mol. The standard InChI is InChI=1S/C14H17N7O3S3/c1-20-13(17-18-19-20)27-7-14(12(23)24)5-21-10(22)9(11(21)26-6-14)16-8(25)3-2-4-15/h9,11H,2-3,5-7H2,1H3,(H,16,25)(H,23,24)/t9?,11-,14?/m1/s1. The molecule has 2 saturated heterocycles. The van der Waals surface area contributed by atoms with Crippen molar-refractivity contribution in [3.05, 3.63) is 0 Å². The molecule has 0 bridgehead atoms. The zero-order valence-corrected chi connectivity index (χ0v) is 16.8. The Balaban J connectivity index is 1.63. The Morgan fingerprint density at radius 2 is 2.41 bits per heavy atom. The fraction of sp³-hybridized carbons (Fsp3) is 0.643. The van der Waals surface area contributed by atoms with Crippen LogP contribution in [-0.2, 0) is 16.6 Å². The van der Waals surface area contributed by atoms with Crippen LogP contribution >= 0.6 is 35.7 Å². The Labute approximate surface area is 169 Å². The van der Waals surface area contributed by atoms with E-state index >= 15 is 0 Å². The van der Waals surface area contributed by atoms with E-state index in [-0.39, 0.29) is 23.6 Å². The zero-order chi connectivity index (χ0) is 19.6. The lowest BCUT2D eigenvalue weighted by atomic mass is 9.89. The number of carbonyl (C=O) groups is 2. The number of rotatable bonds is 7. The number of carbonyl (C=O) groups excluding carboxylic acids is 1. The molecule has 27 heavy (non-hydrogen) atoms. The second kappa shape index (κ2) is 7.99. The first-order valence-corrected chi connectivity index (χ1v) is 10.5. The third-order valence-corrected chi connectivity index (χ3v) is 7.65. The Morgan fingerprint density at radius 1 is 1.63 bits per heavy atom. The van der Waals surface area contributed by atoms with E-state index in [0.717, 1.165) is 0 Å². The van der Waals surface area contributed by atoms with Gasteiger partial charge >= 0.3 is 5.97 Å². The maximum atomic E-state index is 12.5. The number of nitriles is 1. The lowest BCUT2D eigenvalue weighted by molar-refractivity contribution is -0.155. The molecule has 0 radical (unpaired) electrons. The number of aliphatic carboxylic acids is 1. The maximum Gasteiger partial charge on any atom is 0.313 e. The van der Waals surface area contributed by atoms with Gasteiger partial charge < -0.3 is 15.3 Å². The van der Waals surface area contributed by atoms with Gasteiger partial charge in [0.25, 0.3) is 0 Å². The molecular formula is C14H17N7O3S3. The molecule has 1 amide bonds. The topological polar surface area (TPSA) is 137 Å². The van der Waals surface area contributed by atoms with Crippen molar-refractivity contribution in [2.75, 3.05) is 18.1 Å². The minimum atomic E-state index is -1.07. The fourth-order valence-electron chi connectivity index (χ4n) is 2.87. The van der Waals surface area contributed by atoms with Gasteiger partial charge in [0.15, 0.2) is 0 Å². The summed E-state index contributed by atoms with van der Waals surface area (Å²) in [7, 11) is 1.69. The van der Waals surface area contributed by atoms with E-state index in [1.54, 1.807) is 11.9 Å². The number of hydrogen-bond acceptors (Lipinski definition) is 9. The molecule has 0 aromatic carbocycles. The number of nitrogens with one attached hydrogen (secondary N) is 1. The number of thiocarbonyl (C=S) groups is 1. The summed E-state index contributed by atoms with van der Waals surface area (Å²) in [4.78, 5) is 26.6. The minimum Gasteiger partial charge on any atom is -0.481 e. The minimum absolute atomic E-state index is 0.139. The summed E-state index contributed by atoms with van der Waals surface area (Å²) >= 11 is 7.86. The summed E-state index contributed by atoms with van der Waals surface area (Å²) in [6.07, 6.45) is 0.707. The van der Waals surface area contributed by atoms with Gasteiger partial charge in [0, 0.05) is 37.9 Å². The van der Waals surface area contributed by atoms with E-state index in [2.05, 4.69) is 20.8 Å². The first-order valence-electron chi connectivity index (χ1n) is 8.05. The van der Waals surface area contributed by atoms with Gasteiger partial charge in [0.1, 0.15) is 16.8 Å². The molecule has 13 heteroatoms. The third kappa shape index (κ3) is 3.87. The van der Waals surface area contributed by atoms with E-state index < -0.39 is 17.4 Å². The number of carboxylic acids is 1. The normalized spacial score (nSPS) is 26.7. The highest BCUT2D eigenvalue weighted by Gasteiger charge is 2.57. The predicted octanol–water partition coefficient (Wildman–Crippen LogP) is -0.122. The van der Waals surface area contributed by atoms with Gasteiger partial charge in [0.2, 0.25) is 11.1 Å². The van der Waals surface area contributed by atoms with E-state index in [9.17, 15) is 14.7 Å². The number of nitrogens with zero attached hydrogens (tertiary/aromatic N) is 6. The van der Waals surface area contributed by atoms with Gasteiger partial charge in [-0.15, -0.1) is 16.9 Å². The summed E-state index contributed by atoms with van der Waals surface area (Å²) in [5, 5.41) is 33.0. The highest BCUT2D eigenvalue weighted by molar-refractivity contribution is 8.00. The second-order valence-electron chi connectivity index (χ2n) is 6.33. The summed E-state index contributed by atoms with van der Waals surface area (Å²) in [5.41, 5.74) is -1.07. The number of aryl methyl sites for hydroxylation is 1. The van der Waals surface area contributed by atoms with E-state index in [1.165, 1.54) is 28.2 Å². The Bertz CT molecular complexity index is 810. The number of carboxylic acid groups (broad SMARTS) is 1. The molecule has 0 saturated carbocycles. The lowest BCUT2D eigenvalue weighted by Gasteiger charge is -2.54. The summed E-state index contributed by atoms with van der Waals surface area (Å²) in [6, 6.07) is 1.56. The third-order valence-electron chi connectivity index (χ3n) is 4.44. The summed E-state index contributed by atoms with van der Waals surface area (Å²) < 4.78 is 1.48. The first kappa shape index (κ1) is 19.8. The average Bonchev–Trinajstić information content (AvgIpc) is 3.07. The van der Waals surface area contributed by atoms with E-state index in [0.29, 0.717) is 28.7 Å². The van der Waals surface area contributed by atoms with Crippen molar-refractivity contribution >= 4 is 52.6 Å². The Kier molecular flexibility index (Phi) is 5.87. The van der Waals surface area contributed by atoms with Crippen molar-refractivity contribution in [1.29, 1.82) is 5.26 Å².